The number of halogens is 1. The van der Waals surface area contributed by atoms with Crippen molar-refractivity contribution in [3.8, 4) is 17.2 Å². The van der Waals surface area contributed by atoms with Crippen molar-refractivity contribution in [1.82, 2.24) is 5.32 Å². The molecule has 0 fully saturated rings. The highest BCUT2D eigenvalue weighted by atomic mass is 35.5. The summed E-state index contributed by atoms with van der Waals surface area (Å²) in [5.41, 5.74) is 1.41. The molecule has 0 bridgehead atoms. The zero-order chi connectivity index (χ0) is 21.9. The van der Waals surface area contributed by atoms with Gasteiger partial charge < -0.3 is 24.8 Å². The Hall–Kier alpha value is -3.19. The number of ether oxygens (including phenoxy) is 3. The number of anilines is 1. The van der Waals surface area contributed by atoms with Crippen molar-refractivity contribution < 1.29 is 23.8 Å². The average molecular weight is 433 g/mol. The van der Waals surface area contributed by atoms with Crippen LogP contribution in [-0.2, 0) is 9.59 Å². The van der Waals surface area contributed by atoms with Crippen LogP contribution in [0.4, 0.5) is 5.69 Å². The fourth-order valence-electron chi connectivity index (χ4n) is 2.65. The van der Waals surface area contributed by atoms with Crippen LogP contribution in [-0.4, -0.2) is 39.7 Å². The van der Waals surface area contributed by atoms with Crippen molar-refractivity contribution in [3.05, 3.63) is 53.1 Å². The molecule has 0 atom stereocenters. The van der Waals surface area contributed by atoms with Gasteiger partial charge in [-0.3, -0.25) is 9.59 Å². The van der Waals surface area contributed by atoms with Crippen molar-refractivity contribution in [3.63, 3.8) is 0 Å². The predicted octanol–water partition coefficient (Wildman–Crippen LogP) is 3.91. The highest BCUT2D eigenvalue weighted by Gasteiger charge is 2.12. The molecule has 0 aromatic heterocycles. The summed E-state index contributed by atoms with van der Waals surface area (Å²) < 4.78 is 15.9. The molecule has 30 heavy (non-hydrogen) atoms. The summed E-state index contributed by atoms with van der Waals surface area (Å²) >= 11 is 5.81. The Morgan fingerprint density at radius 2 is 1.63 bits per heavy atom. The van der Waals surface area contributed by atoms with Gasteiger partial charge in [0.15, 0.2) is 11.5 Å². The van der Waals surface area contributed by atoms with E-state index in [0.717, 1.165) is 5.56 Å². The highest BCUT2D eigenvalue weighted by Crippen LogP contribution is 2.38. The minimum atomic E-state index is -0.262. The third-order valence-electron chi connectivity index (χ3n) is 4.12. The summed E-state index contributed by atoms with van der Waals surface area (Å²) in [4.78, 5) is 23.9. The Bertz CT molecular complexity index is 872. The van der Waals surface area contributed by atoms with Gasteiger partial charge in [-0.2, -0.15) is 0 Å². The number of hydrogen-bond acceptors (Lipinski definition) is 5. The Kier molecular flexibility index (Phi) is 9.03. The quantitative estimate of drug-likeness (QED) is 0.439. The molecule has 0 aliphatic rings. The standard InChI is InChI=1S/C22H25ClN2O5/c1-28-18-13-15(14-19(29-2)22(18)30-3)6-11-20(26)24-12-4-5-21(27)25-17-9-7-16(23)8-10-17/h6-11,13-14H,4-5,12H2,1-3H3,(H,24,26)(H,25,27). The minimum Gasteiger partial charge on any atom is -0.493 e. The molecule has 0 aliphatic carbocycles. The lowest BCUT2D eigenvalue weighted by atomic mass is 10.1. The molecule has 8 heteroatoms. The molecule has 0 saturated heterocycles. The molecule has 0 radical (unpaired) electrons. The van der Waals surface area contributed by atoms with Crippen molar-refractivity contribution >= 4 is 35.2 Å². The number of nitrogens with one attached hydrogen (secondary N) is 2. The summed E-state index contributed by atoms with van der Waals surface area (Å²) in [6, 6.07) is 10.4. The topological polar surface area (TPSA) is 85.9 Å². The van der Waals surface area contributed by atoms with Crippen molar-refractivity contribution in [2.45, 2.75) is 12.8 Å². The SMILES string of the molecule is COc1cc(C=CC(=O)NCCCC(=O)Nc2ccc(Cl)cc2)cc(OC)c1OC. The van der Waals surface area contributed by atoms with E-state index in [1.807, 2.05) is 0 Å². The van der Waals surface area contributed by atoms with Crippen LogP contribution in [0.5, 0.6) is 17.2 Å². The van der Waals surface area contributed by atoms with E-state index in [-0.39, 0.29) is 11.8 Å². The molecule has 0 heterocycles. The molecule has 0 spiro atoms. The average Bonchev–Trinajstić information content (AvgIpc) is 2.76. The van der Waals surface area contributed by atoms with Crippen LogP contribution in [0.2, 0.25) is 5.02 Å². The molecule has 2 aromatic carbocycles. The molecular weight excluding hydrogens is 408 g/mol. The molecule has 2 rings (SSSR count). The van der Waals surface area contributed by atoms with Gasteiger partial charge >= 0.3 is 0 Å². The third-order valence-corrected chi connectivity index (χ3v) is 4.37. The summed E-state index contributed by atoms with van der Waals surface area (Å²) in [6.07, 6.45) is 3.87. The summed E-state index contributed by atoms with van der Waals surface area (Å²) in [5.74, 6) is 1.10. The van der Waals surface area contributed by atoms with Crippen LogP contribution >= 0.6 is 11.6 Å². The largest absolute Gasteiger partial charge is 0.493 e. The van der Waals surface area contributed by atoms with E-state index in [2.05, 4.69) is 10.6 Å². The maximum absolute atomic E-state index is 12.0. The zero-order valence-electron chi connectivity index (χ0n) is 17.2. The predicted molar refractivity (Wildman–Crippen MR) is 117 cm³/mol. The molecule has 2 aromatic rings. The van der Waals surface area contributed by atoms with Crippen LogP contribution < -0.4 is 24.8 Å². The van der Waals surface area contributed by atoms with E-state index in [1.165, 1.54) is 27.4 Å². The number of benzene rings is 2. The first kappa shape index (κ1) is 23.1. The first-order valence-electron chi connectivity index (χ1n) is 9.28. The van der Waals surface area contributed by atoms with Gasteiger partial charge in [0.25, 0.3) is 0 Å². The molecular formula is C22H25ClN2O5. The van der Waals surface area contributed by atoms with Crippen molar-refractivity contribution in [2.75, 3.05) is 33.2 Å². The molecule has 0 unspecified atom stereocenters. The van der Waals surface area contributed by atoms with E-state index in [1.54, 1.807) is 42.5 Å². The van der Waals surface area contributed by atoms with E-state index in [0.29, 0.717) is 47.3 Å². The third kappa shape index (κ3) is 7.00. The second-order valence-corrected chi connectivity index (χ2v) is 6.68. The molecule has 0 saturated carbocycles. The van der Waals surface area contributed by atoms with Gasteiger partial charge in [-0.25, -0.2) is 0 Å². The Morgan fingerprint density at radius 3 is 2.20 bits per heavy atom. The van der Waals surface area contributed by atoms with Gasteiger partial charge in [0, 0.05) is 29.8 Å². The highest BCUT2D eigenvalue weighted by molar-refractivity contribution is 6.30. The van der Waals surface area contributed by atoms with Gasteiger partial charge in [0.1, 0.15) is 0 Å². The normalized spacial score (nSPS) is 10.5. The van der Waals surface area contributed by atoms with E-state index >= 15 is 0 Å². The van der Waals surface area contributed by atoms with E-state index < -0.39 is 0 Å². The monoisotopic (exact) mass is 432 g/mol. The van der Waals surface area contributed by atoms with Crippen LogP contribution in [0.3, 0.4) is 0 Å². The van der Waals surface area contributed by atoms with Gasteiger partial charge in [0.2, 0.25) is 17.6 Å². The van der Waals surface area contributed by atoms with Gasteiger partial charge in [-0.1, -0.05) is 11.6 Å². The molecule has 0 aliphatic heterocycles. The lowest BCUT2D eigenvalue weighted by molar-refractivity contribution is -0.118. The first-order valence-corrected chi connectivity index (χ1v) is 9.66. The molecule has 7 nitrogen and oxygen atoms in total. The molecule has 160 valence electrons. The number of amides is 2. The first-order chi connectivity index (χ1) is 14.5. The summed E-state index contributed by atoms with van der Waals surface area (Å²) in [7, 11) is 4.58. The second-order valence-electron chi connectivity index (χ2n) is 6.24. The van der Waals surface area contributed by atoms with Gasteiger partial charge in [0.05, 0.1) is 21.3 Å². The van der Waals surface area contributed by atoms with Crippen LogP contribution in [0.1, 0.15) is 18.4 Å². The molecule has 2 amide bonds. The smallest absolute Gasteiger partial charge is 0.243 e. The van der Waals surface area contributed by atoms with Crippen LogP contribution in [0.15, 0.2) is 42.5 Å². The number of methoxy groups -OCH3 is 3. The van der Waals surface area contributed by atoms with Crippen molar-refractivity contribution in [1.29, 1.82) is 0 Å². The Morgan fingerprint density at radius 1 is 1.00 bits per heavy atom. The molecule has 2 N–H and O–H groups in total. The lowest BCUT2D eigenvalue weighted by Gasteiger charge is -2.12. The summed E-state index contributed by atoms with van der Waals surface area (Å²) in [5, 5.41) is 6.13. The van der Waals surface area contributed by atoms with Gasteiger partial charge in [-0.15, -0.1) is 0 Å². The fourth-order valence-corrected chi connectivity index (χ4v) is 2.77. The van der Waals surface area contributed by atoms with E-state index in [4.69, 9.17) is 25.8 Å². The zero-order valence-corrected chi connectivity index (χ0v) is 17.9. The number of carbonyl (C=O) groups is 2. The number of hydrogen-bond donors (Lipinski definition) is 2. The maximum Gasteiger partial charge on any atom is 0.243 e. The second kappa shape index (κ2) is 11.7. The minimum absolute atomic E-state index is 0.125. The van der Waals surface area contributed by atoms with Crippen molar-refractivity contribution in [2.24, 2.45) is 0 Å². The Labute approximate surface area is 181 Å². The fraction of sp³-hybridized carbons (Fsp3) is 0.273. The van der Waals surface area contributed by atoms with Gasteiger partial charge in [-0.05, 0) is 54.5 Å². The van der Waals surface area contributed by atoms with E-state index in [9.17, 15) is 9.59 Å². The maximum atomic E-state index is 12.0. The summed E-state index contributed by atoms with van der Waals surface area (Å²) in [6.45, 7) is 0.381. The Balaban J connectivity index is 1.79. The van der Waals surface area contributed by atoms with Crippen LogP contribution in [0.25, 0.3) is 6.08 Å². The van der Waals surface area contributed by atoms with Crippen LogP contribution in [0, 0.1) is 0 Å². The lowest BCUT2D eigenvalue weighted by Crippen LogP contribution is -2.23. The number of rotatable bonds is 10. The number of carbonyl (C=O) groups excluding carboxylic acids is 2.